The van der Waals surface area contributed by atoms with Gasteiger partial charge in [-0.1, -0.05) is 33.6 Å². The van der Waals surface area contributed by atoms with E-state index in [-0.39, 0.29) is 0 Å². The number of hydrogen-bond donors (Lipinski definition) is 1. The molecule has 0 spiro atoms. The van der Waals surface area contributed by atoms with E-state index < -0.39 is 0 Å². The van der Waals surface area contributed by atoms with Gasteiger partial charge < -0.3 is 10.1 Å². The molecule has 0 amide bonds. The lowest BCUT2D eigenvalue weighted by molar-refractivity contribution is 0.0573. The zero-order valence-corrected chi connectivity index (χ0v) is 10.8. The van der Waals surface area contributed by atoms with Crippen LogP contribution >= 0.6 is 0 Å². The van der Waals surface area contributed by atoms with Crippen molar-refractivity contribution in [2.24, 2.45) is 5.41 Å². The molecular weight excluding hydrogens is 186 g/mol. The molecule has 0 heterocycles. The van der Waals surface area contributed by atoms with Gasteiger partial charge in [-0.15, -0.1) is 0 Å². The van der Waals surface area contributed by atoms with Crippen molar-refractivity contribution in [3.8, 4) is 0 Å². The van der Waals surface area contributed by atoms with E-state index in [0.29, 0.717) is 17.6 Å². The fraction of sp³-hybridized carbons (Fsp3) is 1.00. The van der Waals surface area contributed by atoms with Gasteiger partial charge >= 0.3 is 0 Å². The SMILES string of the molecule is CC(NCCOC1CCCC1)C(C)(C)C. The summed E-state index contributed by atoms with van der Waals surface area (Å²) in [5.74, 6) is 0. The summed E-state index contributed by atoms with van der Waals surface area (Å²) in [6.45, 7) is 10.9. The van der Waals surface area contributed by atoms with Gasteiger partial charge in [-0.05, 0) is 25.2 Å². The van der Waals surface area contributed by atoms with E-state index in [9.17, 15) is 0 Å². The van der Waals surface area contributed by atoms with Crippen LogP contribution in [0.1, 0.15) is 53.4 Å². The third kappa shape index (κ3) is 4.98. The molecule has 1 atom stereocenters. The molecule has 0 bridgehead atoms. The Morgan fingerprint density at radius 1 is 1.27 bits per heavy atom. The molecule has 1 aliphatic rings. The fourth-order valence-corrected chi connectivity index (χ4v) is 1.86. The molecule has 90 valence electrons. The zero-order valence-electron chi connectivity index (χ0n) is 10.8. The predicted octanol–water partition coefficient (Wildman–Crippen LogP) is 2.97. The summed E-state index contributed by atoms with van der Waals surface area (Å²) < 4.78 is 5.80. The van der Waals surface area contributed by atoms with Crippen LogP contribution < -0.4 is 5.32 Å². The molecule has 1 rings (SSSR count). The standard InChI is InChI=1S/C13H27NO/c1-11(13(2,3)4)14-9-10-15-12-7-5-6-8-12/h11-12,14H,5-10H2,1-4H3. The molecule has 1 fully saturated rings. The highest BCUT2D eigenvalue weighted by Crippen LogP contribution is 2.21. The van der Waals surface area contributed by atoms with E-state index in [1.54, 1.807) is 0 Å². The summed E-state index contributed by atoms with van der Waals surface area (Å²) in [5.41, 5.74) is 0.341. The summed E-state index contributed by atoms with van der Waals surface area (Å²) >= 11 is 0. The Labute approximate surface area is 94.8 Å². The Balaban J connectivity index is 2.01. The van der Waals surface area contributed by atoms with Crippen LogP contribution in [0.4, 0.5) is 0 Å². The quantitative estimate of drug-likeness (QED) is 0.709. The molecule has 1 unspecified atom stereocenters. The van der Waals surface area contributed by atoms with E-state index in [0.717, 1.165) is 13.2 Å². The van der Waals surface area contributed by atoms with Gasteiger partial charge in [0.1, 0.15) is 0 Å². The first-order chi connectivity index (χ1) is 7.00. The molecule has 0 radical (unpaired) electrons. The number of hydrogen-bond acceptors (Lipinski definition) is 2. The summed E-state index contributed by atoms with van der Waals surface area (Å²) in [5, 5.41) is 3.52. The van der Waals surface area contributed by atoms with E-state index >= 15 is 0 Å². The normalized spacial score (nSPS) is 20.8. The molecule has 2 nitrogen and oxygen atoms in total. The lowest BCUT2D eigenvalue weighted by Crippen LogP contribution is -2.39. The molecule has 1 aliphatic carbocycles. The number of ether oxygens (including phenoxy) is 1. The lowest BCUT2D eigenvalue weighted by Gasteiger charge is -2.28. The molecular formula is C13H27NO. The highest BCUT2D eigenvalue weighted by atomic mass is 16.5. The summed E-state index contributed by atoms with van der Waals surface area (Å²) in [4.78, 5) is 0. The lowest BCUT2D eigenvalue weighted by atomic mass is 9.88. The van der Waals surface area contributed by atoms with Gasteiger partial charge in [0, 0.05) is 12.6 Å². The molecule has 0 aliphatic heterocycles. The first-order valence-corrected chi connectivity index (χ1v) is 6.35. The van der Waals surface area contributed by atoms with Crippen LogP contribution in [0.3, 0.4) is 0 Å². The van der Waals surface area contributed by atoms with Crippen LogP contribution in [0.2, 0.25) is 0 Å². The number of nitrogens with one attached hydrogen (secondary N) is 1. The molecule has 0 aromatic heterocycles. The minimum Gasteiger partial charge on any atom is -0.377 e. The van der Waals surface area contributed by atoms with Gasteiger partial charge in [0.25, 0.3) is 0 Å². The van der Waals surface area contributed by atoms with Gasteiger partial charge in [-0.2, -0.15) is 0 Å². The van der Waals surface area contributed by atoms with Crippen LogP contribution in [0.25, 0.3) is 0 Å². The minimum atomic E-state index is 0.341. The summed E-state index contributed by atoms with van der Waals surface area (Å²) in [6.07, 6.45) is 5.81. The second kappa shape index (κ2) is 5.86. The fourth-order valence-electron chi connectivity index (χ4n) is 1.86. The molecule has 1 N–H and O–H groups in total. The van der Waals surface area contributed by atoms with Crippen LogP contribution in [0, 0.1) is 5.41 Å². The highest BCUT2D eigenvalue weighted by Gasteiger charge is 2.19. The maximum Gasteiger partial charge on any atom is 0.0594 e. The third-order valence-electron chi connectivity index (χ3n) is 3.51. The Hall–Kier alpha value is -0.0800. The van der Waals surface area contributed by atoms with Crippen molar-refractivity contribution in [2.75, 3.05) is 13.2 Å². The van der Waals surface area contributed by atoms with Crippen LogP contribution in [-0.4, -0.2) is 25.3 Å². The van der Waals surface area contributed by atoms with E-state index in [1.807, 2.05) is 0 Å². The average Bonchev–Trinajstić information content (AvgIpc) is 2.63. The van der Waals surface area contributed by atoms with Gasteiger partial charge in [0.2, 0.25) is 0 Å². The minimum absolute atomic E-state index is 0.341. The van der Waals surface area contributed by atoms with Crippen molar-refractivity contribution in [2.45, 2.75) is 65.5 Å². The Morgan fingerprint density at radius 2 is 1.87 bits per heavy atom. The first kappa shape index (κ1) is 13.0. The molecule has 0 aromatic carbocycles. The van der Waals surface area contributed by atoms with Gasteiger partial charge in [0.05, 0.1) is 12.7 Å². The van der Waals surface area contributed by atoms with Crippen LogP contribution in [0.5, 0.6) is 0 Å². The Morgan fingerprint density at radius 3 is 2.40 bits per heavy atom. The monoisotopic (exact) mass is 213 g/mol. The summed E-state index contributed by atoms with van der Waals surface area (Å²) in [7, 11) is 0. The molecule has 1 saturated carbocycles. The third-order valence-corrected chi connectivity index (χ3v) is 3.51. The molecule has 0 aromatic rings. The van der Waals surface area contributed by atoms with Gasteiger partial charge in [-0.25, -0.2) is 0 Å². The van der Waals surface area contributed by atoms with E-state index in [4.69, 9.17) is 4.74 Å². The second-order valence-corrected chi connectivity index (χ2v) is 5.82. The van der Waals surface area contributed by atoms with Crippen molar-refractivity contribution in [3.05, 3.63) is 0 Å². The summed E-state index contributed by atoms with van der Waals surface area (Å²) in [6, 6.07) is 0.546. The van der Waals surface area contributed by atoms with E-state index in [2.05, 4.69) is 33.0 Å². The molecule has 2 heteroatoms. The van der Waals surface area contributed by atoms with Crippen molar-refractivity contribution in [1.82, 2.24) is 5.32 Å². The van der Waals surface area contributed by atoms with Gasteiger partial charge in [0.15, 0.2) is 0 Å². The smallest absolute Gasteiger partial charge is 0.0594 e. The van der Waals surface area contributed by atoms with Crippen molar-refractivity contribution in [1.29, 1.82) is 0 Å². The molecule has 0 saturated heterocycles. The molecule has 15 heavy (non-hydrogen) atoms. The Bertz CT molecular complexity index is 168. The topological polar surface area (TPSA) is 21.3 Å². The number of rotatable bonds is 5. The van der Waals surface area contributed by atoms with Crippen LogP contribution in [0.15, 0.2) is 0 Å². The van der Waals surface area contributed by atoms with Crippen molar-refractivity contribution >= 4 is 0 Å². The average molecular weight is 213 g/mol. The highest BCUT2D eigenvalue weighted by molar-refractivity contribution is 4.75. The largest absolute Gasteiger partial charge is 0.377 e. The first-order valence-electron chi connectivity index (χ1n) is 6.35. The Kier molecular flexibility index (Phi) is 5.07. The maximum absolute atomic E-state index is 5.80. The van der Waals surface area contributed by atoms with Gasteiger partial charge in [-0.3, -0.25) is 0 Å². The zero-order chi connectivity index (χ0) is 11.3. The van der Waals surface area contributed by atoms with Crippen LogP contribution in [-0.2, 0) is 4.74 Å². The maximum atomic E-state index is 5.80. The predicted molar refractivity (Wildman–Crippen MR) is 65.1 cm³/mol. The van der Waals surface area contributed by atoms with Crippen molar-refractivity contribution in [3.63, 3.8) is 0 Å². The van der Waals surface area contributed by atoms with E-state index in [1.165, 1.54) is 25.7 Å². The van der Waals surface area contributed by atoms with Crippen molar-refractivity contribution < 1.29 is 4.74 Å². The second-order valence-electron chi connectivity index (χ2n) is 5.82.